The number of amides is 7. The van der Waals surface area contributed by atoms with Crippen LogP contribution in [-0.2, 0) is 49.6 Å². The lowest BCUT2D eigenvalue weighted by atomic mass is 10.0. The minimum Gasteiger partial charge on any atom is -0.481 e. The minimum absolute atomic E-state index is 0.0158. The molecule has 28 nitrogen and oxygen atoms in total. The van der Waals surface area contributed by atoms with E-state index in [1.54, 1.807) is 13.8 Å². The molecule has 0 radical (unpaired) electrons. The molecule has 1 heterocycles. The molecule has 0 bridgehead atoms. The molecule has 0 fully saturated rings. The number of hydrogen-bond donors (Lipinski definition) is 16. The Morgan fingerprint density at radius 3 is 1.38 bits per heavy atom. The first-order valence-corrected chi connectivity index (χ1v) is 22.1. The number of nitrogens with one attached hydrogen (secondary N) is 7. The first-order valence-electron chi connectivity index (χ1n) is 22.1. The third-order valence-corrected chi connectivity index (χ3v) is 9.98. The summed E-state index contributed by atoms with van der Waals surface area (Å²) >= 11 is 0. The van der Waals surface area contributed by atoms with Gasteiger partial charge in [0.2, 0.25) is 41.4 Å². The number of aromatic nitrogens is 2. The predicted octanol–water partition coefficient (Wildman–Crippen LogP) is -5.31. The number of unbranched alkanes of at least 4 members (excludes halogenated alkanes) is 1. The SMILES string of the molecule is CC(C)C[C@H](NC(=O)[C@H](CCCN=C(N)N)NC(=O)[C@H](CCCN=C(N)N)NC(=O)[C@H](CCCCN)NC(=O)[C@H](CCC(N)=O)NC(=O)[C@H](CCC(=O)O)NC(=O)[C@@H](N)Cc1cnc[nH]1)C(=O)O. The molecular weight excluding hydrogens is 895 g/mol. The van der Waals surface area contributed by atoms with Gasteiger partial charge in [-0.1, -0.05) is 13.8 Å². The summed E-state index contributed by atoms with van der Waals surface area (Å²) in [6, 6.07) is -9.77. The average molecular weight is 966 g/mol. The van der Waals surface area contributed by atoms with Gasteiger partial charge in [-0.2, -0.15) is 0 Å². The number of primary amides is 1. The maximum Gasteiger partial charge on any atom is 0.326 e. The molecule has 68 heavy (non-hydrogen) atoms. The molecule has 1 aromatic rings. The molecule has 0 aliphatic rings. The van der Waals surface area contributed by atoms with Crippen LogP contribution in [0.5, 0.6) is 0 Å². The second-order valence-electron chi connectivity index (χ2n) is 16.3. The highest BCUT2D eigenvalue weighted by Crippen LogP contribution is 2.11. The van der Waals surface area contributed by atoms with E-state index in [2.05, 4.69) is 51.9 Å². The van der Waals surface area contributed by atoms with Gasteiger partial charge in [0.05, 0.1) is 12.4 Å². The lowest BCUT2D eigenvalue weighted by Crippen LogP contribution is -2.60. The number of aliphatic imine (C=N–C) groups is 2. The highest BCUT2D eigenvalue weighted by molar-refractivity contribution is 5.97. The Morgan fingerprint density at radius 1 is 0.603 bits per heavy atom. The van der Waals surface area contributed by atoms with Crippen LogP contribution >= 0.6 is 0 Å². The number of rotatable bonds is 35. The van der Waals surface area contributed by atoms with Gasteiger partial charge >= 0.3 is 11.9 Å². The first kappa shape index (κ1) is 58.9. The third-order valence-electron chi connectivity index (χ3n) is 9.98. The largest absolute Gasteiger partial charge is 0.481 e. The van der Waals surface area contributed by atoms with Gasteiger partial charge in [-0.3, -0.25) is 48.3 Å². The van der Waals surface area contributed by atoms with Crippen LogP contribution < -0.4 is 72.0 Å². The van der Waals surface area contributed by atoms with Crippen molar-refractivity contribution < 1.29 is 53.4 Å². The number of guanidine groups is 2. The van der Waals surface area contributed by atoms with Crippen LogP contribution in [0.25, 0.3) is 0 Å². The van der Waals surface area contributed by atoms with Crippen molar-refractivity contribution in [2.45, 2.75) is 140 Å². The fourth-order valence-corrected chi connectivity index (χ4v) is 6.46. The molecule has 0 aromatic carbocycles. The van der Waals surface area contributed by atoms with Crippen molar-refractivity contribution in [2.75, 3.05) is 19.6 Å². The van der Waals surface area contributed by atoms with Gasteiger partial charge in [-0.15, -0.1) is 0 Å². The number of carboxylic acid groups (broad SMARTS) is 2. The normalized spacial score (nSPS) is 14.0. The number of carbonyl (C=O) groups excluding carboxylic acids is 7. The average Bonchev–Trinajstić information content (AvgIpc) is 3.77. The van der Waals surface area contributed by atoms with Crippen LogP contribution in [-0.4, -0.2) is 147 Å². The van der Waals surface area contributed by atoms with Crippen molar-refractivity contribution in [3.05, 3.63) is 18.2 Å². The van der Waals surface area contributed by atoms with E-state index in [4.69, 9.17) is 40.1 Å². The minimum atomic E-state index is -1.58. The molecule has 0 saturated heterocycles. The van der Waals surface area contributed by atoms with Crippen molar-refractivity contribution in [3.63, 3.8) is 0 Å². The molecule has 0 saturated carbocycles. The van der Waals surface area contributed by atoms with E-state index < -0.39 is 121 Å². The van der Waals surface area contributed by atoms with Crippen molar-refractivity contribution in [2.24, 2.45) is 56.0 Å². The maximum absolute atomic E-state index is 14.1. The summed E-state index contributed by atoms with van der Waals surface area (Å²) in [7, 11) is 0. The molecule has 0 aliphatic carbocycles. The Balaban J connectivity index is 3.52. The number of carbonyl (C=O) groups is 9. The zero-order chi connectivity index (χ0) is 51.3. The van der Waals surface area contributed by atoms with Crippen LogP contribution in [0.4, 0.5) is 0 Å². The number of carboxylic acids is 2. The third kappa shape index (κ3) is 25.0. The number of nitrogens with two attached hydrogens (primary N) is 7. The topological polar surface area (TPSA) is 502 Å². The van der Waals surface area contributed by atoms with E-state index in [1.807, 2.05) is 0 Å². The number of imidazole rings is 1. The predicted molar refractivity (Wildman–Crippen MR) is 247 cm³/mol. The summed E-state index contributed by atoms with van der Waals surface area (Å²) in [6.07, 6.45) is 1.73. The Morgan fingerprint density at radius 2 is 1.01 bits per heavy atom. The van der Waals surface area contributed by atoms with Crippen LogP contribution in [0.15, 0.2) is 22.5 Å². The van der Waals surface area contributed by atoms with Crippen LogP contribution in [0.3, 0.4) is 0 Å². The zero-order valence-electron chi connectivity index (χ0n) is 38.5. The van der Waals surface area contributed by atoms with Crippen molar-refractivity contribution in [3.8, 4) is 0 Å². The Kier molecular flexibility index (Phi) is 27.5. The number of aliphatic carboxylic acids is 2. The van der Waals surface area contributed by atoms with Gasteiger partial charge in [0.25, 0.3) is 0 Å². The lowest BCUT2D eigenvalue weighted by molar-refractivity contribution is -0.143. The molecule has 382 valence electrons. The number of aromatic amines is 1. The number of hydrogen-bond acceptors (Lipinski definition) is 14. The van der Waals surface area contributed by atoms with Gasteiger partial charge in [0.1, 0.15) is 36.3 Å². The molecule has 0 aliphatic heterocycles. The number of nitrogens with zero attached hydrogens (tertiary/aromatic N) is 3. The molecule has 23 N–H and O–H groups in total. The van der Waals surface area contributed by atoms with Gasteiger partial charge < -0.3 is 87.2 Å². The van der Waals surface area contributed by atoms with Gasteiger partial charge in [0, 0.05) is 44.2 Å². The van der Waals surface area contributed by atoms with Gasteiger partial charge in [0.15, 0.2) is 11.9 Å². The summed E-state index contributed by atoms with van der Waals surface area (Å²) in [5.74, 6) is -9.49. The van der Waals surface area contributed by atoms with Crippen molar-refractivity contribution in [1.29, 1.82) is 0 Å². The highest BCUT2D eigenvalue weighted by Gasteiger charge is 2.34. The second-order valence-corrected chi connectivity index (χ2v) is 16.3. The van der Waals surface area contributed by atoms with Crippen LogP contribution in [0.2, 0.25) is 0 Å². The summed E-state index contributed by atoms with van der Waals surface area (Å²) in [5, 5.41) is 34.2. The Labute approximate surface area is 393 Å². The monoisotopic (exact) mass is 966 g/mol. The van der Waals surface area contributed by atoms with E-state index in [-0.39, 0.29) is 88.8 Å². The highest BCUT2D eigenvalue weighted by atomic mass is 16.4. The summed E-state index contributed by atoms with van der Waals surface area (Å²) in [4.78, 5) is 132. The first-order chi connectivity index (χ1) is 32.0. The quantitative estimate of drug-likeness (QED) is 0.0172. The van der Waals surface area contributed by atoms with Gasteiger partial charge in [-0.25, -0.2) is 9.78 Å². The molecule has 7 amide bonds. The van der Waals surface area contributed by atoms with E-state index in [0.717, 1.165) is 0 Å². The molecule has 28 heteroatoms. The fourth-order valence-electron chi connectivity index (χ4n) is 6.46. The Hall–Kier alpha value is -7.10. The fraction of sp³-hybridized carbons (Fsp3) is 0.650. The molecule has 1 rings (SSSR count). The lowest BCUT2D eigenvalue weighted by Gasteiger charge is -2.28. The zero-order valence-corrected chi connectivity index (χ0v) is 38.5. The molecule has 0 spiro atoms. The van der Waals surface area contributed by atoms with E-state index in [9.17, 15) is 53.4 Å². The van der Waals surface area contributed by atoms with Crippen molar-refractivity contribution in [1.82, 2.24) is 41.9 Å². The summed E-state index contributed by atoms with van der Waals surface area (Å²) < 4.78 is 0. The van der Waals surface area contributed by atoms with Gasteiger partial charge in [-0.05, 0) is 76.7 Å². The van der Waals surface area contributed by atoms with Crippen molar-refractivity contribution >= 4 is 65.2 Å². The number of H-pyrrole nitrogens is 1. The van der Waals surface area contributed by atoms with Crippen LogP contribution in [0.1, 0.15) is 96.6 Å². The van der Waals surface area contributed by atoms with E-state index in [0.29, 0.717) is 12.1 Å². The second kappa shape index (κ2) is 31.8. The standard InChI is InChI=1S/C40H71N17O11/c1-21(2)17-29(38(67)68)57-35(64)26(9-6-16-50-40(46)47)55-34(63)25(8-5-15-49-39(44)45)54-33(62)24(7-3-4-14-41)53-36(65)27(10-12-30(43)58)56-37(66)28(11-13-31(59)60)52-32(61)23(42)18-22-19-48-20-51-22/h19-21,23-29H,3-18,41-42H2,1-2H3,(H2,43,58)(H,48,51)(H,52,61)(H,53,65)(H,54,62)(H,55,63)(H,56,66)(H,57,64)(H,59,60)(H,67,68)(H4,44,45,49)(H4,46,47,50)/t23-,24-,25-,26-,27-,28-,29-/m0/s1. The summed E-state index contributed by atoms with van der Waals surface area (Å²) in [6.45, 7) is 3.80. The van der Waals surface area contributed by atoms with Crippen LogP contribution in [0, 0.1) is 5.92 Å². The van der Waals surface area contributed by atoms with E-state index >= 15 is 0 Å². The summed E-state index contributed by atoms with van der Waals surface area (Å²) in [5.41, 5.74) is 39.4. The Bertz CT molecular complexity index is 1870. The maximum atomic E-state index is 14.1. The van der Waals surface area contributed by atoms with E-state index in [1.165, 1.54) is 12.5 Å². The smallest absolute Gasteiger partial charge is 0.326 e. The molecule has 0 unspecified atom stereocenters. The molecule has 7 atom stereocenters. The molecular formula is C40H71N17O11. The molecule has 1 aromatic heterocycles.